The molecule has 3 rings (SSSR count). The molecule has 0 aromatic carbocycles. The maximum Gasteiger partial charge on any atom is 0.418 e. The number of aliphatic imine (C=N–C) groups is 1. The Morgan fingerprint density at radius 2 is 2.33 bits per heavy atom. The lowest BCUT2D eigenvalue weighted by molar-refractivity contribution is -0.157. The summed E-state index contributed by atoms with van der Waals surface area (Å²) in [4.78, 5) is 4.06. The van der Waals surface area contributed by atoms with Gasteiger partial charge < -0.3 is 5.32 Å². The third-order valence-electron chi connectivity index (χ3n) is 2.88. The zero-order valence-corrected chi connectivity index (χ0v) is 8.68. The van der Waals surface area contributed by atoms with Crippen LogP contribution in [0.2, 0.25) is 0 Å². The van der Waals surface area contributed by atoms with E-state index < -0.39 is 16.6 Å². The van der Waals surface area contributed by atoms with E-state index in [1.165, 1.54) is 5.06 Å². The van der Waals surface area contributed by atoms with Crippen molar-refractivity contribution in [1.29, 1.82) is 0 Å². The summed E-state index contributed by atoms with van der Waals surface area (Å²) in [5.41, 5.74) is 0. The number of piperidine rings is 1. The van der Waals surface area contributed by atoms with E-state index in [2.05, 4.69) is 10.3 Å². The highest BCUT2D eigenvalue weighted by Gasteiger charge is 2.48. The van der Waals surface area contributed by atoms with Crippen molar-refractivity contribution in [3.05, 3.63) is 0 Å². The lowest BCUT2D eigenvalue weighted by Gasteiger charge is -2.39. The van der Waals surface area contributed by atoms with Gasteiger partial charge in [0, 0.05) is 6.04 Å². The Morgan fingerprint density at radius 1 is 1.47 bits per heavy atom. The Labute approximate surface area is 87.3 Å². The Kier molecular flexibility index (Phi) is 2.00. The molecule has 0 saturated carbocycles. The molecule has 2 saturated heterocycles. The van der Waals surface area contributed by atoms with Crippen molar-refractivity contribution in [2.45, 2.75) is 31.2 Å². The molecule has 3 aliphatic rings. The van der Waals surface area contributed by atoms with E-state index in [9.17, 15) is 8.42 Å². The van der Waals surface area contributed by atoms with Gasteiger partial charge in [0.1, 0.15) is 0 Å². The highest BCUT2D eigenvalue weighted by molar-refractivity contribution is 7.82. The second-order valence-electron chi connectivity index (χ2n) is 3.81. The average Bonchev–Trinajstić information content (AvgIpc) is 2.52. The van der Waals surface area contributed by atoms with Crippen LogP contribution in [-0.2, 0) is 18.9 Å². The number of hydroxylamine groups is 2. The average molecular weight is 233 g/mol. The molecule has 84 valence electrons. The van der Waals surface area contributed by atoms with Gasteiger partial charge in [0.25, 0.3) is 0 Å². The van der Waals surface area contributed by atoms with E-state index >= 15 is 0 Å². The summed E-state index contributed by atoms with van der Waals surface area (Å²) in [6.45, 7) is 0.535. The molecule has 1 N–H and O–H groups in total. The van der Waals surface area contributed by atoms with Gasteiger partial charge in [-0.2, -0.15) is 12.7 Å². The Morgan fingerprint density at radius 3 is 3.20 bits per heavy atom. The maximum atomic E-state index is 11.1. The minimum atomic E-state index is -3.83. The van der Waals surface area contributed by atoms with E-state index in [1.807, 2.05) is 0 Å². The molecule has 2 fully saturated rings. The fraction of sp³-hybridized carbons (Fsp3) is 0.857. The number of fused-ring (bicyclic) bond motifs is 3. The molecule has 15 heavy (non-hydrogen) atoms. The van der Waals surface area contributed by atoms with Crippen LogP contribution < -0.4 is 5.32 Å². The number of nitrogens with zero attached hydrogens (tertiary/aromatic N) is 2. The van der Waals surface area contributed by atoms with Crippen molar-refractivity contribution in [2.75, 3.05) is 6.54 Å². The fourth-order valence-electron chi connectivity index (χ4n) is 2.20. The zero-order valence-electron chi connectivity index (χ0n) is 7.87. The summed E-state index contributed by atoms with van der Waals surface area (Å²) in [5, 5.41) is 4.51. The van der Waals surface area contributed by atoms with Crippen molar-refractivity contribution in [1.82, 2.24) is 10.4 Å². The predicted octanol–water partition coefficient (Wildman–Crippen LogP) is -1.02. The van der Waals surface area contributed by atoms with Crippen molar-refractivity contribution in [2.24, 2.45) is 4.99 Å². The summed E-state index contributed by atoms with van der Waals surface area (Å²) in [7, 11) is -3.83. The summed E-state index contributed by atoms with van der Waals surface area (Å²) in [6.07, 6.45) is 2.68. The van der Waals surface area contributed by atoms with E-state index in [0.717, 1.165) is 6.42 Å². The van der Waals surface area contributed by atoms with Gasteiger partial charge in [0.2, 0.25) is 0 Å². The van der Waals surface area contributed by atoms with Crippen molar-refractivity contribution in [3.8, 4) is 0 Å². The minimum absolute atomic E-state index is 0.0639. The van der Waals surface area contributed by atoms with Crippen molar-refractivity contribution >= 4 is 16.7 Å². The predicted molar refractivity (Wildman–Crippen MR) is 50.0 cm³/mol. The molecular formula is C7H11N3O4S. The van der Waals surface area contributed by atoms with Crippen LogP contribution in [0.1, 0.15) is 12.8 Å². The molecule has 0 amide bonds. The molecular weight excluding hydrogens is 222 g/mol. The Bertz CT molecular complexity index is 395. The fourth-order valence-corrected chi connectivity index (χ4v) is 3.10. The van der Waals surface area contributed by atoms with Crippen LogP contribution in [0, 0.1) is 0 Å². The monoisotopic (exact) mass is 233 g/mol. The largest absolute Gasteiger partial charge is 0.418 e. The van der Waals surface area contributed by atoms with Crippen molar-refractivity contribution < 1.29 is 16.9 Å². The standard InChI is InChI=1S/C7H11N3O4S/c11-15(12)13-7-2-1-5-6(10(7)14-15)3-8-4-9-5/h4-7H,1-3H2,(H,8,9). The van der Waals surface area contributed by atoms with E-state index in [4.69, 9.17) is 8.47 Å². The van der Waals surface area contributed by atoms with Gasteiger partial charge in [0.05, 0.1) is 18.9 Å². The summed E-state index contributed by atoms with van der Waals surface area (Å²) in [6, 6.07) is 0.127. The van der Waals surface area contributed by atoms with Gasteiger partial charge in [-0.05, 0) is 12.8 Å². The lowest BCUT2D eigenvalue weighted by atomic mass is 9.96. The lowest BCUT2D eigenvalue weighted by Crippen LogP contribution is -2.58. The summed E-state index contributed by atoms with van der Waals surface area (Å²) < 4.78 is 31.8. The Balaban J connectivity index is 1.88. The zero-order chi connectivity index (χ0) is 10.5. The molecule has 0 spiro atoms. The van der Waals surface area contributed by atoms with Crippen molar-refractivity contribution in [3.63, 3.8) is 0 Å². The van der Waals surface area contributed by atoms with Crippen LogP contribution in [0.5, 0.6) is 0 Å². The van der Waals surface area contributed by atoms with Crippen LogP contribution in [0.25, 0.3) is 0 Å². The third-order valence-corrected chi connectivity index (χ3v) is 3.69. The molecule has 0 aromatic rings. The second kappa shape index (κ2) is 3.14. The number of hydrogen-bond acceptors (Lipinski definition) is 7. The quantitative estimate of drug-likeness (QED) is 0.577. The Hall–Kier alpha value is -0.700. The van der Waals surface area contributed by atoms with Gasteiger partial charge in [-0.3, -0.25) is 4.99 Å². The second-order valence-corrected chi connectivity index (χ2v) is 4.96. The molecule has 0 aliphatic carbocycles. The van der Waals surface area contributed by atoms with Gasteiger partial charge in [-0.1, -0.05) is 0 Å². The highest BCUT2D eigenvalue weighted by Crippen LogP contribution is 2.32. The van der Waals surface area contributed by atoms with E-state index in [0.29, 0.717) is 13.0 Å². The SMILES string of the molecule is O=S1(=O)OC2CCC3NC=NCC3N2O1. The van der Waals surface area contributed by atoms with Gasteiger partial charge in [0.15, 0.2) is 6.23 Å². The summed E-state index contributed by atoms with van der Waals surface area (Å²) >= 11 is 0. The van der Waals surface area contributed by atoms with Crippen LogP contribution in [0.3, 0.4) is 0 Å². The molecule has 0 radical (unpaired) electrons. The first-order valence-electron chi connectivity index (χ1n) is 4.81. The first kappa shape index (κ1) is 9.52. The van der Waals surface area contributed by atoms with E-state index in [-0.39, 0.29) is 12.1 Å². The molecule has 3 atom stereocenters. The molecule has 3 heterocycles. The van der Waals surface area contributed by atoms with Gasteiger partial charge in [-0.15, -0.1) is 5.06 Å². The molecule has 3 unspecified atom stereocenters. The van der Waals surface area contributed by atoms with Crippen LogP contribution >= 0.6 is 0 Å². The third kappa shape index (κ3) is 1.53. The van der Waals surface area contributed by atoms with Crippen LogP contribution in [-0.4, -0.2) is 44.7 Å². The first-order valence-corrected chi connectivity index (χ1v) is 6.14. The first-order chi connectivity index (χ1) is 7.16. The smallest absolute Gasteiger partial charge is 0.372 e. The molecule has 7 nitrogen and oxygen atoms in total. The number of nitrogens with one attached hydrogen (secondary N) is 1. The molecule has 0 aromatic heterocycles. The normalized spacial score (nSPS) is 43.1. The number of hydrogen-bond donors (Lipinski definition) is 1. The van der Waals surface area contributed by atoms with E-state index in [1.54, 1.807) is 6.34 Å². The van der Waals surface area contributed by atoms with Gasteiger partial charge >= 0.3 is 10.4 Å². The highest BCUT2D eigenvalue weighted by atomic mass is 32.3. The minimum Gasteiger partial charge on any atom is -0.372 e. The number of rotatable bonds is 0. The molecule has 8 heteroatoms. The summed E-state index contributed by atoms with van der Waals surface area (Å²) in [5.74, 6) is 0. The maximum absolute atomic E-state index is 11.1. The van der Waals surface area contributed by atoms with Gasteiger partial charge in [-0.25, -0.2) is 4.18 Å². The van der Waals surface area contributed by atoms with Crippen LogP contribution in [0.4, 0.5) is 0 Å². The molecule has 0 bridgehead atoms. The topological polar surface area (TPSA) is 80.2 Å². The van der Waals surface area contributed by atoms with Crippen LogP contribution in [0.15, 0.2) is 4.99 Å². The molecule has 3 aliphatic heterocycles.